The molecule has 3 heterocycles. The number of aromatic nitrogens is 2. The first-order valence-electron chi connectivity index (χ1n) is 12.2. The summed E-state index contributed by atoms with van der Waals surface area (Å²) in [6.07, 6.45) is 1.85. The van der Waals surface area contributed by atoms with E-state index in [9.17, 15) is 0 Å². The number of nitrogens with one attached hydrogen (secondary N) is 1. The van der Waals surface area contributed by atoms with Crippen LogP contribution in [0.2, 0.25) is 0 Å². The summed E-state index contributed by atoms with van der Waals surface area (Å²) in [5.41, 5.74) is 12.0. The van der Waals surface area contributed by atoms with Crippen molar-refractivity contribution < 1.29 is 0 Å². The molecule has 0 spiro atoms. The zero-order valence-corrected chi connectivity index (χ0v) is 24.0. The lowest BCUT2D eigenvalue weighted by molar-refractivity contribution is 0.565. The molecule has 4 nitrogen and oxygen atoms in total. The van der Waals surface area contributed by atoms with Crippen molar-refractivity contribution in [1.29, 1.82) is 0 Å². The summed E-state index contributed by atoms with van der Waals surface area (Å²) < 4.78 is 3.49. The summed E-state index contributed by atoms with van der Waals surface area (Å²) in [7, 11) is 0. The Morgan fingerprint density at radius 2 is 1.61 bits per heavy atom. The fourth-order valence-electron chi connectivity index (χ4n) is 5.68. The number of nitrogens with zero attached hydrogens (tertiary/aromatic N) is 3. The summed E-state index contributed by atoms with van der Waals surface area (Å²) in [4.78, 5) is 6.98. The Balaban J connectivity index is 1.72. The average molecular weight is 560 g/mol. The van der Waals surface area contributed by atoms with Gasteiger partial charge >= 0.3 is 0 Å². The summed E-state index contributed by atoms with van der Waals surface area (Å²) >= 11 is 9.60. The quantitative estimate of drug-likeness (QED) is 0.260. The van der Waals surface area contributed by atoms with E-state index in [0.717, 1.165) is 15.9 Å². The van der Waals surface area contributed by atoms with Gasteiger partial charge in [-0.15, -0.1) is 0 Å². The zero-order chi connectivity index (χ0) is 25.7. The van der Waals surface area contributed by atoms with E-state index in [4.69, 9.17) is 17.2 Å². The van der Waals surface area contributed by atoms with Crippen LogP contribution in [0.3, 0.4) is 0 Å². The number of pyridine rings is 1. The monoisotopic (exact) mass is 558 g/mol. The maximum atomic E-state index is 5.95. The van der Waals surface area contributed by atoms with Crippen LogP contribution in [0.1, 0.15) is 57.0 Å². The van der Waals surface area contributed by atoms with Crippen molar-refractivity contribution in [1.82, 2.24) is 14.9 Å². The first-order chi connectivity index (χ1) is 17.2. The van der Waals surface area contributed by atoms with Crippen molar-refractivity contribution in [2.24, 2.45) is 0 Å². The second-order valence-corrected chi connectivity index (χ2v) is 11.1. The normalized spacial score (nSPS) is 17.5. The van der Waals surface area contributed by atoms with Gasteiger partial charge in [0.25, 0.3) is 0 Å². The number of benzene rings is 2. The van der Waals surface area contributed by atoms with Crippen LogP contribution < -0.4 is 10.2 Å². The maximum Gasteiger partial charge on any atom is 0.174 e. The van der Waals surface area contributed by atoms with Crippen LogP contribution in [-0.2, 0) is 0 Å². The predicted octanol–water partition coefficient (Wildman–Crippen LogP) is 7.66. The van der Waals surface area contributed by atoms with Gasteiger partial charge in [-0.05, 0) is 112 Å². The minimum atomic E-state index is -0.0724. The van der Waals surface area contributed by atoms with Gasteiger partial charge in [0.2, 0.25) is 0 Å². The van der Waals surface area contributed by atoms with Crippen molar-refractivity contribution in [2.75, 3.05) is 4.90 Å². The van der Waals surface area contributed by atoms with Crippen molar-refractivity contribution in [3.63, 3.8) is 0 Å². The molecule has 0 amide bonds. The molecule has 184 valence electrons. The van der Waals surface area contributed by atoms with Crippen LogP contribution in [0.4, 0.5) is 5.69 Å². The Labute approximate surface area is 227 Å². The van der Waals surface area contributed by atoms with Crippen molar-refractivity contribution in [3.8, 4) is 5.69 Å². The van der Waals surface area contributed by atoms with Crippen molar-refractivity contribution in [3.05, 3.63) is 110 Å². The molecule has 2 aromatic heterocycles. The number of aryl methyl sites for hydroxylation is 5. The highest BCUT2D eigenvalue weighted by atomic mass is 79.9. The Morgan fingerprint density at radius 3 is 2.25 bits per heavy atom. The molecule has 1 aliphatic heterocycles. The predicted molar refractivity (Wildman–Crippen MR) is 156 cm³/mol. The lowest BCUT2D eigenvalue weighted by atomic mass is 9.96. The Kier molecular flexibility index (Phi) is 6.52. The van der Waals surface area contributed by atoms with Crippen LogP contribution in [0, 0.1) is 41.5 Å². The lowest BCUT2D eigenvalue weighted by Gasteiger charge is -2.29. The van der Waals surface area contributed by atoms with E-state index >= 15 is 0 Å². The molecule has 6 heteroatoms. The molecule has 4 aromatic rings. The molecule has 5 rings (SSSR count). The number of thiocarbonyl (C=S) groups is 1. The largest absolute Gasteiger partial charge is 0.351 e. The molecule has 0 radical (unpaired) electrons. The number of hydrogen-bond donors (Lipinski definition) is 1. The van der Waals surface area contributed by atoms with Crippen molar-refractivity contribution in [2.45, 2.75) is 53.6 Å². The number of halogens is 1. The molecule has 1 aliphatic rings. The van der Waals surface area contributed by atoms with Gasteiger partial charge in [-0.2, -0.15) is 0 Å². The maximum absolute atomic E-state index is 5.95. The average Bonchev–Trinajstić information content (AvgIpc) is 3.32. The van der Waals surface area contributed by atoms with Crippen LogP contribution >= 0.6 is 28.1 Å². The van der Waals surface area contributed by atoms with Gasteiger partial charge in [-0.25, -0.2) is 0 Å². The molecule has 1 saturated heterocycles. The smallest absolute Gasteiger partial charge is 0.174 e. The first kappa shape index (κ1) is 24.7. The molecule has 0 unspecified atom stereocenters. The Morgan fingerprint density at radius 1 is 0.889 bits per heavy atom. The fraction of sp³-hybridized carbons (Fsp3) is 0.267. The molecule has 36 heavy (non-hydrogen) atoms. The summed E-state index contributed by atoms with van der Waals surface area (Å²) in [6, 6.07) is 19.2. The third kappa shape index (κ3) is 4.16. The highest BCUT2D eigenvalue weighted by molar-refractivity contribution is 9.10. The van der Waals surface area contributed by atoms with E-state index < -0.39 is 0 Å². The Hall–Kier alpha value is -2.96. The highest BCUT2D eigenvalue weighted by Gasteiger charge is 2.42. The van der Waals surface area contributed by atoms with Crippen LogP contribution in [0.5, 0.6) is 0 Å². The fourth-order valence-corrected chi connectivity index (χ4v) is 6.28. The number of rotatable bonds is 4. The molecular weight excluding hydrogens is 528 g/mol. The highest BCUT2D eigenvalue weighted by Crippen LogP contribution is 2.44. The van der Waals surface area contributed by atoms with E-state index in [1.807, 2.05) is 18.3 Å². The number of anilines is 1. The molecule has 1 N–H and O–H groups in total. The van der Waals surface area contributed by atoms with Gasteiger partial charge in [0.05, 0.1) is 23.5 Å². The summed E-state index contributed by atoms with van der Waals surface area (Å²) in [5.74, 6) is 0. The van der Waals surface area contributed by atoms with Crippen LogP contribution in [0.25, 0.3) is 5.69 Å². The minimum absolute atomic E-state index is 0.0426. The molecule has 0 aliphatic carbocycles. The SMILES string of the molecule is Cc1cc(C)c(-n2c(C)cc([C@H]3[C@@H](c4ccccn4)NC(=S)N3c3ccc(Br)c(C)c3)c2C)c(C)c1. The van der Waals surface area contributed by atoms with Gasteiger partial charge in [-0.1, -0.05) is 39.7 Å². The van der Waals surface area contributed by atoms with Gasteiger partial charge in [0, 0.05) is 27.7 Å². The third-order valence-corrected chi connectivity index (χ3v) is 8.37. The molecule has 2 atom stereocenters. The molecule has 2 aromatic carbocycles. The topological polar surface area (TPSA) is 33.1 Å². The van der Waals surface area contributed by atoms with Gasteiger partial charge < -0.3 is 14.8 Å². The van der Waals surface area contributed by atoms with E-state index in [-0.39, 0.29) is 12.1 Å². The molecule has 0 bridgehead atoms. The Bertz CT molecular complexity index is 1450. The van der Waals surface area contributed by atoms with Crippen molar-refractivity contribution >= 4 is 38.9 Å². The number of hydrogen-bond acceptors (Lipinski definition) is 2. The lowest BCUT2D eigenvalue weighted by Crippen LogP contribution is -2.29. The minimum Gasteiger partial charge on any atom is -0.351 e. The summed E-state index contributed by atoms with van der Waals surface area (Å²) in [6.45, 7) is 13.1. The van der Waals surface area contributed by atoms with Gasteiger partial charge in [0.1, 0.15) is 0 Å². The second kappa shape index (κ2) is 9.49. The van der Waals surface area contributed by atoms with Crippen LogP contribution in [-0.4, -0.2) is 14.7 Å². The molecular formula is C30H31BrN4S. The van der Waals surface area contributed by atoms with Gasteiger partial charge in [0.15, 0.2) is 5.11 Å². The van der Waals surface area contributed by atoms with E-state index in [2.05, 4.69) is 115 Å². The summed E-state index contributed by atoms with van der Waals surface area (Å²) in [5, 5.41) is 4.31. The van der Waals surface area contributed by atoms with E-state index in [1.165, 1.54) is 44.9 Å². The molecule has 1 fully saturated rings. The van der Waals surface area contributed by atoms with E-state index in [0.29, 0.717) is 5.11 Å². The third-order valence-electron chi connectivity index (χ3n) is 7.17. The zero-order valence-electron chi connectivity index (χ0n) is 21.6. The van der Waals surface area contributed by atoms with Crippen LogP contribution in [0.15, 0.2) is 65.3 Å². The van der Waals surface area contributed by atoms with E-state index in [1.54, 1.807) is 0 Å². The molecule has 0 saturated carbocycles. The van der Waals surface area contributed by atoms with Gasteiger partial charge in [-0.3, -0.25) is 4.98 Å². The standard InChI is InChI=1S/C30H31BrN4S/c1-17-13-19(3)28(20(4)14-17)34-21(5)16-24(22(34)6)29-27(26-9-7-8-12-32-26)33-30(36)35(29)23-10-11-25(31)18(2)15-23/h7-16,27,29H,1-6H3,(H,33,36)/t27-,29+/m1/s1. The second-order valence-electron chi connectivity index (χ2n) is 9.84. The first-order valence-corrected chi connectivity index (χ1v) is 13.4.